The summed E-state index contributed by atoms with van der Waals surface area (Å²) in [6, 6.07) is 4.81. The lowest BCUT2D eigenvalue weighted by molar-refractivity contribution is -0.122. The number of rotatable bonds is 4. The molecule has 0 saturated carbocycles. The highest BCUT2D eigenvalue weighted by Gasteiger charge is 2.24. The maximum Gasteiger partial charge on any atom is 0.234 e. The van der Waals surface area contributed by atoms with E-state index in [2.05, 4.69) is 26.8 Å². The SMILES string of the molecule is CNNC(=O)CC(C)(C)c1ccc(F)c(Br)c1. The molecular weight excluding hydrogens is 287 g/mol. The number of amides is 1. The summed E-state index contributed by atoms with van der Waals surface area (Å²) in [6.07, 6.45) is 0.325. The molecule has 2 N–H and O–H groups in total. The Kier molecular flexibility index (Phi) is 4.65. The van der Waals surface area contributed by atoms with Crippen LogP contribution in [0.15, 0.2) is 22.7 Å². The van der Waals surface area contributed by atoms with Crippen molar-refractivity contribution in [2.24, 2.45) is 0 Å². The van der Waals surface area contributed by atoms with E-state index in [1.165, 1.54) is 6.07 Å². The van der Waals surface area contributed by atoms with Gasteiger partial charge in [0.2, 0.25) is 5.91 Å². The predicted octanol–water partition coefficient (Wildman–Crippen LogP) is 2.51. The third-order valence-electron chi connectivity index (χ3n) is 2.57. The molecule has 0 heterocycles. The number of hydrazine groups is 1. The smallest absolute Gasteiger partial charge is 0.234 e. The molecule has 0 aliphatic heterocycles. The monoisotopic (exact) mass is 302 g/mol. The van der Waals surface area contributed by atoms with Gasteiger partial charge < -0.3 is 0 Å². The van der Waals surface area contributed by atoms with E-state index in [1.807, 2.05) is 13.8 Å². The highest BCUT2D eigenvalue weighted by Crippen LogP contribution is 2.30. The van der Waals surface area contributed by atoms with Crippen molar-refractivity contribution in [1.82, 2.24) is 10.9 Å². The average Bonchev–Trinajstić information content (AvgIpc) is 2.21. The van der Waals surface area contributed by atoms with Crippen molar-refractivity contribution in [3.63, 3.8) is 0 Å². The van der Waals surface area contributed by atoms with Crippen LogP contribution in [0.4, 0.5) is 4.39 Å². The Bertz CT molecular complexity index is 421. The van der Waals surface area contributed by atoms with Crippen LogP contribution >= 0.6 is 15.9 Å². The zero-order valence-electron chi connectivity index (χ0n) is 10.1. The van der Waals surface area contributed by atoms with E-state index in [9.17, 15) is 9.18 Å². The van der Waals surface area contributed by atoms with Crippen LogP contribution in [0.5, 0.6) is 0 Å². The number of hydrogen-bond donors (Lipinski definition) is 2. The van der Waals surface area contributed by atoms with Gasteiger partial charge in [-0.05, 0) is 39.0 Å². The zero-order chi connectivity index (χ0) is 13.1. The van der Waals surface area contributed by atoms with Crippen LogP contribution in [0.2, 0.25) is 0 Å². The topological polar surface area (TPSA) is 41.1 Å². The van der Waals surface area contributed by atoms with E-state index in [0.29, 0.717) is 10.9 Å². The number of carbonyl (C=O) groups is 1. The van der Waals surface area contributed by atoms with E-state index >= 15 is 0 Å². The van der Waals surface area contributed by atoms with Crippen molar-refractivity contribution < 1.29 is 9.18 Å². The first-order chi connectivity index (χ1) is 7.86. The van der Waals surface area contributed by atoms with E-state index in [-0.39, 0.29) is 17.1 Å². The van der Waals surface area contributed by atoms with Crippen molar-refractivity contribution >= 4 is 21.8 Å². The lowest BCUT2D eigenvalue weighted by Gasteiger charge is -2.24. The van der Waals surface area contributed by atoms with E-state index in [1.54, 1.807) is 19.2 Å². The maximum atomic E-state index is 13.1. The summed E-state index contributed by atoms with van der Waals surface area (Å²) in [6.45, 7) is 3.89. The highest BCUT2D eigenvalue weighted by atomic mass is 79.9. The molecule has 0 radical (unpaired) electrons. The summed E-state index contributed by atoms with van der Waals surface area (Å²) in [7, 11) is 1.64. The molecule has 94 valence electrons. The molecule has 1 rings (SSSR count). The molecule has 0 unspecified atom stereocenters. The summed E-state index contributed by atoms with van der Waals surface area (Å²) in [5, 5.41) is 0. The maximum absolute atomic E-state index is 13.1. The molecule has 0 aliphatic carbocycles. The van der Waals surface area contributed by atoms with Crippen LogP contribution in [0.25, 0.3) is 0 Å². The minimum absolute atomic E-state index is 0.0991. The third kappa shape index (κ3) is 3.78. The molecule has 1 aromatic rings. The van der Waals surface area contributed by atoms with Gasteiger partial charge >= 0.3 is 0 Å². The van der Waals surface area contributed by atoms with Gasteiger partial charge in [-0.15, -0.1) is 0 Å². The molecule has 5 heteroatoms. The van der Waals surface area contributed by atoms with Crippen LogP contribution in [0.1, 0.15) is 25.8 Å². The number of benzene rings is 1. The summed E-state index contributed by atoms with van der Waals surface area (Å²) in [5.41, 5.74) is 5.68. The van der Waals surface area contributed by atoms with Gasteiger partial charge in [-0.1, -0.05) is 19.9 Å². The lowest BCUT2D eigenvalue weighted by Crippen LogP contribution is -2.37. The molecule has 0 saturated heterocycles. The summed E-state index contributed by atoms with van der Waals surface area (Å²) < 4.78 is 13.5. The normalized spacial score (nSPS) is 11.4. The Hall–Kier alpha value is -0.940. The molecule has 0 aliphatic rings. The van der Waals surface area contributed by atoms with Gasteiger partial charge in [0.15, 0.2) is 0 Å². The fourth-order valence-corrected chi connectivity index (χ4v) is 1.98. The Labute approximate surface area is 109 Å². The van der Waals surface area contributed by atoms with Crippen molar-refractivity contribution in [3.8, 4) is 0 Å². The second-order valence-electron chi connectivity index (χ2n) is 4.49. The van der Waals surface area contributed by atoms with Crippen LogP contribution in [0.3, 0.4) is 0 Å². The summed E-state index contributed by atoms with van der Waals surface area (Å²) in [4.78, 5) is 11.5. The number of carbonyl (C=O) groups excluding carboxylic acids is 1. The third-order valence-corrected chi connectivity index (χ3v) is 3.18. The first kappa shape index (κ1) is 14.1. The largest absolute Gasteiger partial charge is 0.292 e. The number of nitrogens with one attached hydrogen (secondary N) is 2. The molecule has 1 aromatic carbocycles. The van der Waals surface area contributed by atoms with Gasteiger partial charge in [-0.25, -0.2) is 9.82 Å². The molecule has 3 nitrogen and oxygen atoms in total. The fourth-order valence-electron chi connectivity index (χ4n) is 1.60. The second kappa shape index (κ2) is 5.60. The zero-order valence-corrected chi connectivity index (χ0v) is 11.7. The molecular formula is C12H16BrFN2O. The Morgan fingerprint density at radius 3 is 2.65 bits per heavy atom. The first-order valence-electron chi connectivity index (χ1n) is 5.28. The average molecular weight is 303 g/mol. The molecule has 0 aromatic heterocycles. The Balaban J connectivity index is 2.88. The van der Waals surface area contributed by atoms with E-state index < -0.39 is 0 Å². The van der Waals surface area contributed by atoms with Crippen LogP contribution in [-0.2, 0) is 10.2 Å². The molecule has 0 atom stereocenters. The van der Waals surface area contributed by atoms with Gasteiger partial charge in [0.1, 0.15) is 5.82 Å². The summed E-state index contributed by atoms with van der Waals surface area (Å²) in [5.74, 6) is -0.401. The molecule has 0 fully saturated rings. The number of hydrogen-bond acceptors (Lipinski definition) is 2. The van der Waals surface area contributed by atoms with Gasteiger partial charge in [0.05, 0.1) is 4.47 Å². The lowest BCUT2D eigenvalue weighted by atomic mass is 9.81. The summed E-state index contributed by atoms with van der Waals surface area (Å²) >= 11 is 3.15. The minimum atomic E-state index is -0.350. The fraction of sp³-hybridized carbons (Fsp3) is 0.417. The quantitative estimate of drug-likeness (QED) is 0.839. The Morgan fingerprint density at radius 2 is 2.12 bits per heavy atom. The predicted molar refractivity (Wildman–Crippen MR) is 68.9 cm³/mol. The van der Waals surface area contributed by atoms with Crippen molar-refractivity contribution in [2.45, 2.75) is 25.7 Å². The van der Waals surface area contributed by atoms with Crippen LogP contribution in [0, 0.1) is 5.82 Å². The van der Waals surface area contributed by atoms with Gasteiger partial charge in [-0.3, -0.25) is 10.2 Å². The van der Waals surface area contributed by atoms with Crippen molar-refractivity contribution in [2.75, 3.05) is 7.05 Å². The van der Waals surface area contributed by atoms with E-state index in [0.717, 1.165) is 5.56 Å². The molecule has 0 spiro atoms. The van der Waals surface area contributed by atoms with Crippen LogP contribution < -0.4 is 10.9 Å². The van der Waals surface area contributed by atoms with E-state index in [4.69, 9.17) is 0 Å². The number of halogens is 2. The van der Waals surface area contributed by atoms with Crippen molar-refractivity contribution in [3.05, 3.63) is 34.1 Å². The van der Waals surface area contributed by atoms with Crippen LogP contribution in [-0.4, -0.2) is 13.0 Å². The van der Waals surface area contributed by atoms with Gasteiger partial charge in [-0.2, -0.15) is 0 Å². The standard InChI is InChI=1S/C12H16BrFN2O/c1-12(2,7-11(17)16-15-3)8-4-5-10(14)9(13)6-8/h4-6,15H,7H2,1-3H3,(H,16,17). The van der Waals surface area contributed by atoms with Gasteiger partial charge in [0.25, 0.3) is 0 Å². The van der Waals surface area contributed by atoms with Gasteiger partial charge in [0, 0.05) is 13.5 Å². The first-order valence-corrected chi connectivity index (χ1v) is 6.07. The molecule has 17 heavy (non-hydrogen) atoms. The minimum Gasteiger partial charge on any atom is -0.292 e. The van der Waals surface area contributed by atoms with Crippen molar-refractivity contribution in [1.29, 1.82) is 0 Å². The Morgan fingerprint density at radius 1 is 1.47 bits per heavy atom. The molecule has 1 amide bonds. The highest BCUT2D eigenvalue weighted by molar-refractivity contribution is 9.10. The molecule has 0 bridgehead atoms. The second-order valence-corrected chi connectivity index (χ2v) is 5.34.